The molecule has 0 radical (unpaired) electrons. The molecule has 0 atom stereocenters. The predicted octanol–water partition coefficient (Wildman–Crippen LogP) is 4.72. The van der Waals surface area contributed by atoms with Crippen molar-refractivity contribution in [2.75, 3.05) is 17.3 Å². The molecule has 0 unspecified atom stereocenters. The molecule has 0 aromatic carbocycles. The van der Waals surface area contributed by atoms with Gasteiger partial charge in [0.1, 0.15) is 12.5 Å². The molecule has 0 saturated heterocycles. The Morgan fingerprint density at radius 2 is 2.17 bits per heavy atom. The molecule has 3 aromatic heterocycles. The normalized spacial score (nSPS) is 19.0. The highest BCUT2D eigenvalue weighted by Gasteiger charge is 2.23. The number of fused-ring (bicyclic) bond motifs is 1. The number of anilines is 3. The van der Waals surface area contributed by atoms with Crippen molar-refractivity contribution >= 4 is 44.8 Å². The third-order valence-electron chi connectivity index (χ3n) is 5.41. The van der Waals surface area contributed by atoms with Gasteiger partial charge < -0.3 is 10.6 Å². The average molecular weight is 429 g/mol. The van der Waals surface area contributed by atoms with Gasteiger partial charge in [0.05, 0.1) is 28.6 Å². The third-order valence-corrected chi connectivity index (χ3v) is 6.32. The van der Waals surface area contributed by atoms with Crippen LogP contribution in [0.15, 0.2) is 36.5 Å². The third kappa shape index (κ3) is 4.84. The molecule has 1 fully saturated rings. The zero-order chi connectivity index (χ0) is 20.9. The van der Waals surface area contributed by atoms with Crippen LogP contribution in [0.2, 0.25) is 0 Å². The number of hydrogen-bond acceptors (Lipinski definition) is 7. The Morgan fingerprint density at radius 3 is 2.93 bits per heavy atom. The van der Waals surface area contributed by atoms with Gasteiger partial charge in [-0.3, -0.25) is 9.48 Å². The first-order valence-electron chi connectivity index (χ1n) is 10.2. The first-order chi connectivity index (χ1) is 14.6. The maximum Gasteiger partial charge on any atom is 0.229 e. The molecule has 0 aliphatic heterocycles. The summed E-state index contributed by atoms with van der Waals surface area (Å²) >= 11 is 1.61. The Morgan fingerprint density at radius 1 is 1.33 bits per heavy atom. The van der Waals surface area contributed by atoms with Crippen molar-refractivity contribution in [2.45, 2.75) is 44.7 Å². The fourth-order valence-corrected chi connectivity index (χ4v) is 4.64. The highest BCUT2D eigenvalue weighted by Crippen LogP contribution is 2.33. The molecule has 7 nitrogen and oxygen atoms in total. The lowest BCUT2D eigenvalue weighted by Gasteiger charge is -2.29. The Bertz CT molecular complexity index is 1020. The van der Waals surface area contributed by atoms with Gasteiger partial charge in [0.25, 0.3) is 0 Å². The molecule has 4 rings (SSSR count). The van der Waals surface area contributed by atoms with Crippen molar-refractivity contribution in [3.63, 3.8) is 0 Å². The number of aryl methyl sites for hydroxylation is 1. The van der Waals surface area contributed by atoms with Gasteiger partial charge in [0, 0.05) is 18.7 Å². The lowest BCUT2D eigenvalue weighted by molar-refractivity contribution is -0.115. The van der Waals surface area contributed by atoms with Gasteiger partial charge in [0.2, 0.25) is 5.95 Å². The summed E-state index contributed by atoms with van der Waals surface area (Å²) in [6.07, 6.45) is 9.45. The van der Waals surface area contributed by atoms with Gasteiger partial charge in [-0.05, 0) is 49.1 Å². The number of nitrogens with zero attached hydrogens (tertiary/aromatic N) is 4. The smallest absolute Gasteiger partial charge is 0.229 e. The van der Waals surface area contributed by atoms with Crippen molar-refractivity contribution in [3.8, 4) is 0 Å². The second-order valence-corrected chi connectivity index (χ2v) is 8.49. The summed E-state index contributed by atoms with van der Waals surface area (Å²) in [5, 5.41) is 12.9. The van der Waals surface area contributed by atoms with Gasteiger partial charge in [-0.2, -0.15) is 10.1 Å². The summed E-state index contributed by atoms with van der Waals surface area (Å²) in [6.45, 7) is 3.33. The first-order valence-corrected chi connectivity index (χ1v) is 11.0. The van der Waals surface area contributed by atoms with Crippen LogP contribution in [0.5, 0.6) is 0 Å². The molecule has 1 saturated carbocycles. The van der Waals surface area contributed by atoms with E-state index in [-0.39, 0.29) is 12.3 Å². The van der Waals surface area contributed by atoms with E-state index in [1.165, 1.54) is 6.08 Å². The minimum Gasteiger partial charge on any atom is -0.366 e. The topological polar surface area (TPSA) is 84.7 Å². The standard InChI is InChI=1S/C21H25FN6OS/c1-2-17(29)11-14-3-5-15(6-4-14)24-20-19-18(7-10-30-19)26-21(27-20)25-16-12-23-28(13-16)9-8-22/h2,7,10,12-15H,1,3-6,8-9,11H2,(H2,24,25,26,27). The number of thiophene rings is 1. The van der Waals surface area contributed by atoms with E-state index >= 15 is 0 Å². The molecule has 0 bridgehead atoms. The second kappa shape index (κ2) is 9.34. The number of rotatable bonds is 9. The van der Waals surface area contributed by atoms with E-state index < -0.39 is 6.67 Å². The van der Waals surface area contributed by atoms with E-state index in [2.05, 4.69) is 27.3 Å². The number of aromatic nitrogens is 4. The van der Waals surface area contributed by atoms with E-state index in [1.807, 2.05) is 11.4 Å². The highest BCUT2D eigenvalue weighted by atomic mass is 32.1. The summed E-state index contributed by atoms with van der Waals surface area (Å²) in [5.41, 5.74) is 1.60. The lowest BCUT2D eigenvalue weighted by Crippen LogP contribution is -2.27. The molecular formula is C21H25FN6OS. The number of carbonyl (C=O) groups is 1. The number of alkyl halides is 1. The molecule has 1 aliphatic rings. The molecular weight excluding hydrogens is 403 g/mol. The monoisotopic (exact) mass is 428 g/mol. The number of ketones is 1. The van der Waals surface area contributed by atoms with Gasteiger partial charge in [-0.25, -0.2) is 9.37 Å². The molecule has 0 spiro atoms. The molecule has 158 valence electrons. The Kier molecular flexibility index (Phi) is 6.37. The average Bonchev–Trinajstić information content (AvgIpc) is 3.39. The molecule has 9 heteroatoms. The van der Waals surface area contributed by atoms with Crippen LogP contribution in [0.1, 0.15) is 32.1 Å². The van der Waals surface area contributed by atoms with Crippen molar-refractivity contribution in [2.24, 2.45) is 5.92 Å². The van der Waals surface area contributed by atoms with Crippen LogP contribution >= 0.6 is 11.3 Å². The molecule has 3 aromatic rings. The van der Waals surface area contributed by atoms with Crippen LogP contribution in [-0.2, 0) is 11.3 Å². The fraction of sp³-hybridized carbons (Fsp3) is 0.429. The van der Waals surface area contributed by atoms with Crippen LogP contribution in [0, 0.1) is 5.92 Å². The van der Waals surface area contributed by atoms with Crippen LogP contribution in [0.25, 0.3) is 10.2 Å². The minimum atomic E-state index is -0.462. The lowest BCUT2D eigenvalue weighted by atomic mass is 9.83. The largest absolute Gasteiger partial charge is 0.366 e. The van der Waals surface area contributed by atoms with E-state index in [9.17, 15) is 9.18 Å². The van der Waals surface area contributed by atoms with Gasteiger partial charge >= 0.3 is 0 Å². The van der Waals surface area contributed by atoms with Crippen molar-refractivity contribution in [3.05, 3.63) is 36.5 Å². The summed E-state index contributed by atoms with van der Waals surface area (Å²) < 4.78 is 15.1. The van der Waals surface area contributed by atoms with E-state index in [1.54, 1.807) is 28.4 Å². The summed E-state index contributed by atoms with van der Waals surface area (Å²) in [7, 11) is 0. The first kappa shape index (κ1) is 20.5. The maximum atomic E-state index is 12.5. The summed E-state index contributed by atoms with van der Waals surface area (Å²) in [5.74, 6) is 1.87. The SMILES string of the molecule is C=CC(=O)CC1CCC(Nc2nc(Nc3cnn(CCF)c3)nc3ccsc23)CC1. The number of halogens is 1. The number of carbonyl (C=O) groups excluding carboxylic acids is 1. The minimum absolute atomic E-state index is 0.132. The van der Waals surface area contributed by atoms with Crippen LogP contribution in [-0.4, -0.2) is 38.2 Å². The Hall–Kier alpha value is -2.81. The van der Waals surface area contributed by atoms with E-state index in [0.717, 1.165) is 47.4 Å². The maximum absolute atomic E-state index is 12.5. The number of allylic oxidation sites excluding steroid dienone is 1. The molecule has 2 N–H and O–H groups in total. The Labute approximate surface area is 178 Å². The highest BCUT2D eigenvalue weighted by molar-refractivity contribution is 7.17. The van der Waals surface area contributed by atoms with Crippen molar-refractivity contribution < 1.29 is 9.18 Å². The van der Waals surface area contributed by atoms with Crippen LogP contribution < -0.4 is 10.6 Å². The quantitative estimate of drug-likeness (QED) is 0.480. The van der Waals surface area contributed by atoms with Crippen LogP contribution in [0.4, 0.5) is 21.8 Å². The zero-order valence-corrected chi connectivity index (χ0v) is 17.5. The fourth-order valence-electron chi connectivity index (χ4n) is 3.86. The molecule has 3 heterocycles. The van der Waals surface area contributed by atoms with Crippen molar-refractivity contribution in [1.29, 1.82) is 0 Å². The molecule has 30 heavy (non-hydrogen) atoms. The van der Waals surface area contributed by atoms with Gasteiger partial charge in [-0.15, -0.1) is 11.3 Å². The summed E-state index contributed by atoms with van der Waals surface area (Å²) in [4.78, 5) is 20.9. The Balaban J connectivity index is 1.45. The van der Waals surface area contributed by atoms with Gasteiger partial charge in [-0.1, -0.05) is 6.58 Å². The predicted molar refractivity (Wildman–Crippen MR) is 118 cm³/mol. The molecule has 1 aliphatic carbocycles. The number of hydrogen-bond donors (Lipinski definition) is 2. The molecule has 0 amide bonds. The number of nitrogens with one attached hydrogen (secondary N) is 2. The van der Waals surface area contributed by atoms with Gasteiger partial charge in [0.15, 0.2) is 5.78 Å². The van der Waals surface area contributed by atoms with Crippen molar-refractivity contribution in [1.82, 2.24) is 19.7 Å². The summed E-state index contributed by atoms with van der Waals surface area (Å²) in [6, 6.07) is 2.29. The van der Waals surface area contributed by atoms with E-state index in [4.69, 9.17) is 4.98 Å². The zero-order valence-electron chi connectivity index (χ0n) is 16.7. The second-order valence-electron chi connectivity index (χ2n) is 7.57. The van der Waals surface area contributed by atoms with E-state index in [0.29, 0.717) is 24.3 Å². The van der Waals surface area contributed by atoms with Crippen LogP contribution in [0.3, 0.4) is 0 Å².